The van der Waals surface area contributed by atoms with Gasteiger partial charge >= 0.3 is 0 Å². The van der Waals surface area contributed by atoms with Crippen LogP contribution < -0.4 is 11.1 Å². The summed E-state index contributed by atoms with van der Waals surface area (Å²) >= 11 is 9.54. The predicted octanol–water partition coefficient (Wildman–Crippen LogP) is 1.79. The Morgan fingerprint density at radius 1 is 1.62 bits per heavy atom. The monoisotopic (exact) mass is 216 g/mol. The van der Waals surface area contributed by atoms with Gasteiger partial charge in [0.15, 0.2) is 0 Å². The van der Waals surface area contributed by atoms with Gasteiger partial charge in [-0.25, -0.2) is 0 Å². The number of carbonyl (C=O) groups is 1. The molecule has 5 heteroatoms. The molecule has 3 nitrogen and oxygen atoms in total. The topological polar surface area (TPSA) is 55.1 Å². The van der Waals surface area contributed by atoms with E-state index in [1.54, 1.807) is 18.2 Å². The van der Waals surface area contributed by atoms with Crippen LogP contribution in [0.4, 0.5) is 11.4 Å². The lowest BCUT2D eigenvalue weighted by Gasteiger charge is -2.06. The second-order valence-electron chi connectivity index (χ2n) is 2.44. The van der Waals surface area contributed by atoms with Crippen molar-refractivity contribution in [3.05, 3.63) is 23.2 Å². The molecule has 0 radical (unpaired) electrons. The first-order valence-corrected chi connectivity index (χ1v) is 4.60. The van der Waals surface area contributed by atoms with Crippen LogP contribution in [0.3, 0.4) is 0 Å². The third-order valence-electron chi connectivity index (χ3n) is 1.43. The first kappa shape index (κ1) is 10.2. The summed E-state index contributed by atoms with van der Waals surface area (Å²) in [4.78, 5) is 11.0. The van der Waals surface area contributed by atoms with Crippen molar-refractivity contribution in [1.82, 2.24) is 0 Å². The minimum atomic E-state index is -0.211. The fourth-order valence-corrected chi connectivity index (χ4v) is 1.08. The number of anilines is 2. The Bertz CT molecular complexity index is 330. The highest BCUT2D eigenvalue weighted by atomic mass is 35.5. The predicted molar refractivity (Wildman–Crippen MR) is 58.3 cm³/mol. The minimum Gasteiger partial charge on any atom is -0.397 e. The SMILES string of the molecule is Nc1ccc(Cl)cc1NC(=O)CS. The highest BCUT2D eigenvalue weighted by Crippen LogP contribution is 2.22. The number of halogens is 1. The van der Waals surface area contributed by atoms with Crippen LogP contribution in [0.2, 0.25) is 5.02 Å². The number of nitrogen functional groups attached to an aromatic ring is 1. The normalized spacial score (nSPS) is 9.69. The van der Waals surface area contributed by atoms with Gasteiger partial charge in [-0.1, -0.05) is 11.6 Å². The lowest BCUT2D eigenvalue weighted by Crippen LogP contribution is -2.13. The highest BCUT2D eigenvalue weighted by Gasteiger charge is 2.03. The minimum absolute atomic E-state index is 0.117. The van der Waals surface area contributed by atoms with Gasteiger partial charge in [-0.05, 0) is 18.2 Å². The van der Waals surface area contributed by atoms with Crippen LogP contribution in [0.5, 0.6) is 0 Å². The maximum absolute atomic E-state index is 11.0. The van der Waals surface area contributed by atoms with E-state index in [0.29, 0.717) is 16.4 Å². The summed E-state index contributed by atoms with van der Waals surface area (Å²) in [5.74, 6) is -0.0938. The molecule has 70 valence electrons. The zero-order valence-electron chi connectivity index (χ0n) is 6.75. The average molecular weight is 217 g/mol. The number of nitrogens with one attached hydrogen (secondary N) is 1. The third-order valence-corrected chi connectivity index (χ3v) is 1.96. The molecular formula is C8H9ClN2OS. The Morgan fingerprint density at radius 3 is 2.92 bits per heavy atom. The summed E-state index contributed by atoms with van der Waals surface area (Å²) in [6.45, 7) is 0. The molecule has 0 aromatic heterocycles. The molecule has 0 saturated heterocycles. The van der Waals surface area contributed by atoms with Gasteiger partial charge in [-0.15, -0.1) is 0 Å². The number of carbonyl (C=O) groups excluding carboxylic acids is 1. The van der Waals surface area contributed by atoms with Gasteiger partial charge in [0, 0.05) is 5.02 Å². The maximum atomic E-state index is 11.0. The van der Waals surface area contributed by atoms with E-state index in [-0.39, 0.29) is 11.7 Å². The number of hydrogen-bond acceptors (Lipinski definition) is 3. The number of thiol groups is 1. The first-order chi connectivity index (χ1) is 6.13. The van der Waals surface area contributed by atoms with Crippen molar-refractivity contribution in [3.8, 4) is 0 Å². The summed E-state index contributed by atoms with van der Waals surface area (Å²) in [5, 5.41) is 3.11. The van der Waals surface area contributed by atoms with E-state index in [1.165, 1.54) is 0 Å². The molecule has 0 fully saturated rings. The fraction of sp³-hybridized carbons (Fsp3) is 0.125. The van der Waals surface area contributed by atoms with Crippen LogP contribution in [-0.2, 0) is 4.79 Å². The van der Waals surface area contributed by atoms with Gasteiger partial charge in [-0.3, -0.25) is 4.79 Å². The summed E-state index contributed by atoms with van der Waals surface area (Å²) in [5.41, 5.74) is 6.60. The van der Waals surface area contributed by atoms with Crippen LogP contribution in [0.25, 0.3) is 0 Å². The Kier molecular flexibility index (Phi) is 3.45. The Labute approximate surface area is 86.7 Å². The summed E-state index contributed by atoms with van der Waals surface area (Å²) in [7, 11) is 0. The van der Waals surface area contributed by atoms with Gasteiger partial charge in [0.1, 0.15) is 0 Å². The number of rotatable bonds is 2. The molecule has 13 heavy (non-hydrogen) atoms. The molecule has 0 aliphatic rings. The fourth-order valence-electron chi connectivity index (χ4n) is 0.826. The lowest BCUT2D eigenvalue weighted by atomic mass is 10.2. The first-order valence-electron chi connectivity index (χ1n) is 3.59. The third kappa shape index (κ3) is 2.82. The molecule has 0 spiro atoms. The molecule has 0 aliphatic carbocycles. The quantitative estimate of drug-likeness (QED) is 0.522. The van der Waals surface area contributed by atoms with Crippen molar-refractivity contribution in [2.24, 2.45) is 0 Å². The van der Waals surface area contributed by atoms with Gasteiger partial charge in [0.2, 0.25) is 5.91 Å². The number of amides is 1. The van der Waals surface area contributed by atoms with Crippen LogP contribution in [0.1, 0.15) is 0 Å². The molecule has 3 N–H and O–H groups in total. The van der Waals surface area contributed by atoms with E-state index in [1.807, 2.05) is 0 Å². The number of hydrogen-bond donors (Lipinski definition) is 3. The standard InChI is InChI=1S/C8H9ClN2OS/c9-5-1-2-6(10)7(3-5)11-8(12)4-13/h1-3,13H,4,10H2,(H,11,12). The van der Waals surface area contributed by atoms with E-state index in [0.717, 1.165) is 0 Å². The molecule has 1 aromatic rings. The molecule has 0 unspecified atom stereocenters. The lowest BCUT2D eigenvalue weighted by molar-refractivity contribution is -0.113. The molecule has 0 aliphatic heterocycles. The second-order valence-corrected chi connectivity index (χ2v) is 3.19. The number of benzene rings is 1. The van der Waals surface area contributed by atoms with Gasteiger partial charge < -0.3 is 11.1 Å². The van der Waals surface area contributed by atoms with Crippen molar-refractivity contribution < 1.29 is 4.79 Å². The van der Waals surface area contributed by atoms with Gasteiger partial charge in [0.05, 0.1) is 17.1 Å². The molecule has 0 saturated carbocycles. The van der Waals surface area contributed by atoms with Crippen molar-refractivity contribution in [1.29, 1.82) is 0 Å². The number of nitrogens with two attached hydrogens (primary N) is 1. The van der Waals surface area contributed by atoms with E-state index >= 15 is 0 Å². The van der Waals surface area contributed by atoms with Crippen LogP contribution >= 0.6 is 24.2 Å². The molecule has 0 heterocycles. The van der Waals surface area contributed by atoms with Gasteiger partial charge in [0.25, 0.3) is 0 Å². The Hall–Kier alpha value is -0.870. The zero-order chi connectivity index (χ0) is 9.84. The smallest absolute Gasteiger partial charge is 0.234 e. The van der Waals surface area contributed by atoms with Crippen molar-refractivity contribution in [3.63, 3.8) is 0 Å². The zero-order valence-corrected chi connectivity index (χ0v) is 8.40. The highest BCUT2D eigenvalue weighted by molar-refractivity contribution is 7.81. The maximum Gasteiger partial charge on any atom is 0.234 e. The summed E-state index contributed by atoms with van der Waals surface area (Å²) < 4.78 is 0. The van der Waals surface area contributed by atoms with E-state index in [9.17, 15) is 4.79 Å². The molecule has 0 atom stereocenters. The van der Waals surface area contributed by atoms with Crippen molar-refractivity contribution in [2.45, 2.75) is 0 Å². The van der Waals surface area contributed by atoms with E-state index < -0.39 is 0 Å². The molecular weight excluding hydrogens is 208 g/mol. The summed E-state index contributed by atoms with van der Waals surface area (Å²) in [6.07, 6.45) is 0. The average Bonchev–Trinajstić information content (AvgIpc) is 2.11. The summed E-state index contributed by atoms with van der Waals surface area (Å²) in [6, 6.07) is 4.89. The van der Waals surface area contributed by atoms with Crippen LogP contribution in [0, 0.1) is 0 Å². The van der Waals surface area contributed by atoms with E-state index in [2.05, 4.69) is 17.9 Å². The Balaban J connectivity index is 2.87. The largest absolute Gasteiger partial charge is 0.397 e. The Morgan fingerprint density at radius 2 is 2.31 bits per heavy atom. The second kappa shape index (κ2) is 4.39. The molecule has 1 aromatic carbocycles. The van der Waals surface area contributed by atoms with E-state index in [4.69, 9.17) is 17.3 Å². The molecule has 0 bridgehead atoms. The van der Waals surface area contributed by atoms with Crippen molar-refractivity contribution >= 4 is 41.5 Å². The van der Waals surface area contributed by atoms with Crippen LogP contribution in [0.15, 0.2) is 18.2 Å². The van der Waals surface area contributed by atoms with Crippen LogP contribution in [-0.4, -0.2) is 11.7 Å². The van der Waals surface area contributed by atoms with Crippen molar-refractivity contribution in [2.75, 3.05) is 16.8 Å². The van der Waals surface area contributed by atoms with Gasteiger partial charge in [-0.2, -0.15) is 12.6 Å². The molecule has 1 amide bonds. The molecule has 1 rings (SSSR count).